The number of hydrogen-bond donors (Lipinski definition) is 2. The molecule has 1 aliphatic rings. The van der Waals surface area contributed by atoms with E-state index in [1.54, 1.807) is 30.3 Å². The van der Waals surface area contributed by atoms with Crippen LogP contribution in [0.4, 0.5) is 18.0 Å². The molecule has 2 N–H and O–H groups in total. The van der Waals surface area contributed by atoms with Crippen LogP contribution in [-0.4, -0.2) is 66.1 Å². The van der Waals surface area contributed by atoms with Crippen LogP contribution in [0.5, 0.6) is 0 Å². The Kier molecular flexibility index (Phi) is 8.02. The van der Waals surface area contributed by atoms with Gasteiger partial charge in [-0.1, -0.05) is 25.6 Å². The SMILES string of the molecule is C.O=C(NCCNC(=O)N1CCC(=S(=O)=O)C1)c1cn(-c2ccccc2)nc1C(F)(F)F. The summed E-state index contributed by atoms with van der Waals surface area (Å²) in [5.74, 6) is -0.984. The number of hydrogen-bond acceptors (Lipinski definition) is 5. The minimum Gasteiger partial charge on any atom is -0.350 e. The number of likely N-dealkylation sites (tertiary alicyclic amines) is 1. The highest BCUT2D eigenvalue weighted by molar-refractivity contribution is 7.73. The highest BCUT2D eigenvalue weighted by Gasteiger charge is 2.39. The Hall–Kier alpha value is -3.35. The highest BCUT2D eigenvalue weighted by Crippen LogP contribution is 2.31. The van der Waals surface area contributed by atoms with Crippen molar-refractivity contribution >= 4 is 27.1 Å². The molecular formula is C19H22F3N5O4S. The van der Waals surface area contributed by atoms with E-state index in [4.69, 9.17) is 0 Å². The number of urea groups is 1. The summed E-state index contributed by atoms with van der Waals surface area (Å²) in [7, 11) is -2.35. The van der Waals surface area contributed by atoms with Crippen LogP contribution in [0.1, 0.15) is 29.9 Å². The Labute approximate surface area is 183 Å². The number of amides is 3. The van der Waals surface area contributed by atoms with E-state index in [1.807, 2.05) is 0 Å². The van der Waals surface area contributed by atoms with E-state index in [1.165, 1.54) is 4.90 Å². The van der Waals surface area contributed by atoms with Crippen molar-refractivity contribution < 1.29 is 31.2 Å². The Morgan fingerprint density at radius 2 is 1.75 bits per heavy atom. The number of aromatic nitrogens is 2. The number of nitrogens with zero attached hydrogens (tertiary/aromatic N) is 3. The Morgan fingerprint density at radius 3 is 2.34 bits per heavy atom. The van der Waals surface area contributed by atoms with Crippen molar-refractivity contribution in [3.63, 3.8) is 0 Å². The second-order valence-corrected chi connectivity index (χ2v) is 7.65. The first-order valence-electron chi connectivity index (χ1n) is 9.14. The van der Waals surface area contributed by atoms with Gasteiger partial charge in [-0.3, -0.25) is 4.79 Å². The number of nitrogens with one attached hydrogen (secondary N) is 2. The van der Waals surface area contributed by atoms with Gasteiger partial charge in [-0.25, -0.2) is 9.48 Å². The summed E-state index contributed by atoms with van der Waals surface area (Å²) in [6.45, 7) is 0.0539. The fraction of sp³-hybridized carbons (Fsp3) is 0.368. The van der Waals surface area contributed by atoms with E-state index >= 15 is 0 Å². The van der Waals surface area contributed by atoms with Crippen molar-refractivity contribution in [3.05, 3.63) is 47.8 Å². The van der Waals surface area contributed by atoms with Gasteiger partial charge in [-0.05, 0) is 12.1 Å². The highest BCUT2D eigenvalue weighted by atomic mass is 32.2. The normalized spacial score (nSPS) is 13.5. The van der Waals surface area contributed by atoms with Crippen molar-refractivity contribution in [1.29, 1.82) is 0 Å². The van der Waals surface area contributed by atoms with Gasteiger partial charge in [0.15, 0.2) is 5.69 Å². The summed E-state index contributed by atoms with van der Waals surface area (Å²) >= 11 is 0. The number of carbonyl (C=O) groups excluding carboxylic acids is 2. The largest absolute Gasteiger partial charge is 0.435 e. The number of alkyl halides is 3. The van der Waals surface area contributed by atoms with E-state index in [-0.39, 0.29) is 44.9 Å². The molecule has 0 atom stereocenters. The molecule has 1 aromatic heterocycles. The molecule has 0 spiro atoms. The van der Waals surface area contributed by atoms with E-state index in [2.05, 4.69) is 15.7 Å². The molecule has 0 radical (unpaired) electrons. The molecule has 13 heteroatoms. The first-order valence-corrected chi connectivity index (χ1v) is 10.2. The minimum absolute atomic E-state index is 0. The lowest BCUT2D eigenvalue weighted by Gasteiger charge is -2.15. The predicted molar refractivity (Wildman–Crippen MR) is 111 cm³/mol. The second-order valence-electron chi connectivity index (χ2n) is 6.60. The van der Waals surface area contributed by atoms with Gasteiger partial charge in [-0.15, -0.1) is 0 Å². The first kappa shape index (κ1) is 24.9. The summed E-state index contributed by atoms with van der Waals surface area (Å²) in [6.07, 6.45) is -3.57. The molecule has 0 bridgehead atoms. The van der Waals surface area contributed by atoms with Crippen molar-refractivity contribution in [2.24, 2.45) is 0 Å². The molecule has 9 nitrogen and oxygen atoms in total. The monoisotopic (exact) mass is 473 g/mol. The molecule has 3 rings (SSSR count). The molecular weight excluding hydrogens is 451 g/mol. The smallest absolute Gasteiger partial charge is 0.350 e. The second kappa shape index (κ2) is 10.3. The number of halogens is 3. The molecule has 2 heterocycles. The standard InChI is InChI=1S/C18H18F3N5O4S.CH4/c19-18(20,21)15-14(11-26(24-15)12-4-2-1-3-5-12)16(27)22-7-8-23-17(28)25-9-6-13(10-25)31(29)30;/h1-5,11H,6-10H2,(H,22,27)(H,23,28);1H4. The quantitative estimate of drug-likeness (QED) is 0.507. The Bertz CT molecular complexity index is 1110. The lowest BCUT2D eigenvalue weighted by Crippen LogP contribution is -2.42. The zero-order chi connectivity index (χ0) is 22.6. The number of benzene rings is 1. The fourth-order valence-electron chi connectivity index (χ4n) is 2.95. The van der Waals surface area contributed by atoms with Gasteiger partial charge in [0.05, 0.1) is 22.7 Å². The lowest BCUT2D eigenvalue weighted by molar-refractivity contribution is -0.141. The van der Waals surface area contributed by atoms with Crippen LogP contribution in [0, 0.1) is 0 Å². The van der Waals surface area contributed by atoms with Crippen molar-refractivity contribution in [3.8, 4) is 5.69 Å². The third-order valence-electron chi connectivity index (χ3n) is 4.49. The third-order valence-corrected chi connectivity index (χ3v) is 5.29. The maximum Gasteiger partial charge on any atom is 0.435 e. The average Bonchev–Trinajstić information content (AvgIpc) is 3.39. The van der Waals surface area contributed by atoms with E-state index < -0.39 is 39.7 Å². The molecule has 1 fully saturated rings. The number of rotatable bonds is 5. The maximum atomic E-state index is 13.3. The van der Waals surface area contributed by atoms with Gasteiger partial charge >= 0.3 is 12.2 Å². The van der Waals surface area contributed by atoms with Gasteiger partial charge < -0.3 is 15.5 Å². The zero-order valence-electron chi connectivity index (χ0n) is 16.0. The summed E-state index contributed by atoms with van der Waals surface area (Å²) < 4.78 is 62.8. The lowest BCUT2D eigenvalue weighted by atomic mass is 10.2. The first-order chi connectivity index (χ1) is 14.7. The molecule has 3 amide bonds. The molecule has 0 unspecified atom stereocenters. The average molecular weight is 473 g/mol. The van der Waals surface area contributed by atoms with E-state index in [9.17, 15) is 31.2 Å². The maximum absolute atomic E-state index is 13.3. The number of para-hydroxylation sites is 1. The molecule has 32 heavy (non-hydrogen) atoms. The summed E-state index contributed by atoms with van der Waals surface area (Å²) in [5.41, 5.74) is -1.59. The molecule has 2 aromatic rings. The molecule has 1 saturated heterocycles. The van der Waals surface area contributed by atoms with E-state index in [0.717, 1.165) is 10.9 Å². The molecule has 174 valence electrons. The van der Waals surface area contributed by atoms with Gasteiger partial charge in [0, 0.05) is 32.3 Å². The third kappa shape index (κ3) is 5.87. The summed E-state index contributed by atoms with van der Waals surface area (Å²) in [5, 5.41) is 8.31. The molecule has 0 saturated carbocycles. The minimum atomic E-state index is -4.83. The Balaban J connectivity index is 0.00000363. The van der Waals surface area contributed by atoms with Crippen LogP contribution in [0.2, 0.25) is 0 Å². The summed E-state index contributed by atoms with van der Waals surface area (Å²) in [4.78, 5) is 25.8. The van der Waals surface area contributed by atoms with Crippen molar-refractivity contribution in [1.82, 2.24) is 25.3 Å². The van der Waals surface area contributed by atoms with Crippen molar-refractivity contribution in [2.75, 3.05) is 26.2 Å². The van der Waals surface area contributed by atoms with Crippen LogP contribution >= 0.6 is 0 Å². The van der Waals surface area contributed by atoms with E-state index in [0.29, 0.717) is 5.69 Å². The zero-order valence-corrected chi connectivity index (χ0v) is 16.8. The number of carbonyl (C=O) groups is 2. The van der Waals surface area contributed by atoms with Crippen LogP contribution in [0.3, 0.4) is 0 Å². The Morgan fingerprint density at radius 1 is 1.09 bits per heavy atom. The van der Waals surface area contributed by atoms with Gasteiger partial charge in [0.1, 0.15) is 0 Å². The summed E-state index contributed by atoms with van der Waals surface area (Å²) in [6, 6.07) is 7.52. The van der Waals surface area contributed by atoms with Crippen LogP contribution in [0.25, 0.3) is 5.69 Å². The van der Waals surface area contributed by atoms with Gasteiger partial charge in [0.25, 0.3) is 5.91 Å². The molecule has 1 aliphatic heterocycles. The topological polar surface area (TPSA) is 113 Å². The van der Waals surface area contributed by atoms with Gasteiger partial charge in [0.2, 0.25) is 10.3 Å². The van der Waals surface area contributed by atoms with Crippen LogP contribution in [-0.2, 0) is 16.5 Å². The van der Waals surface area contributed by atoms with Crippen molar-refractivity contribution in [2.45, 2.75) is 20.0 Å². The van der Waals surface area contributed by atoms with Crippen LogP contribution < -0.4 is 10.6 Å². The fourth-order valence-corrected chi connectivity index (χ4v) is 3.47. The molecule has 1 aromatic carbocycles. The molecule has 0 aliphatic carbocycles. The predicted octanol–water partition coefficient (Wildman–Crippen LogP) is 1.72. The van der Waals surface area contributed by atoms with Crippen LogP contribution in [0.15, 0.2) is 36.5 Å². The van der Waals surface area contributed by atoms with Gasteiger partial charge in [-0.2, -0.15) is 26.7 Å².